The number of carbonyl (C=O) groups is 1. The third-order valence-electron chi connectivity index (χ3n) is 6.80. The zero-order valence-corrected chi connectivity index (χ0v) is 21.7. The van der Waals surface area contributed by atoms with Crippen LogP contribution in [0.2, 0.25) is 0 Å². The van der Waals surface area contributed by atoms with Gasteiger partial charge in [-0.15, -0.1) is 0 Å². The van der Waals surface area contributed by atoms with Crippen molar-refractivity contribution < 1.29 is 13.6 Å². The molecule has 2 aromatic heterocycles. The number of anilines is 1. The van der Waals surface area contributed by atoms with Crippen LogP contribution >= 0.6 is 0 Å². The second-order valence-electron chi connectivity index (χ2n) is 10.7. The van der Waals surface area contributed by atoms with Gasteiger partial charge in [-0.3, -0.25) is 9.48 Å². The number of nitrogens with one attached hydrogen (secondary N) is 2. The average molecular weight is 493 g/mol. The van der Waals surface area contributed by atoms with E-state index in [0.29, 0.717) is 11.4 Å². The summed E-state index contributed by atoms with van der Waals surface area (Å²) in [5.41, 5.74) is 0.384. The lowest BCUT2D eigenvalue weighted by Gasteiger charge is -2.31. The molecule has 1 aromatic carbocycles. The molecule has 0 saturated heterocycles. The molecule has 2 N–H and O–H groups in total. The summed E-state index contributed by atoms with van der Waals surface area (Å²) in [6.45, 7) is 8.09. The minimum atomic E-state index is -2.04. The molecule has 0 bridgehead atoms. The maximum atomic E-state index is 14.7. The molecule has 2 heterocycles. The van der Waals surface area contributed by atoms with Crippen molar-refractivity contribution in [1.82, 2.24) is 20.1 Å². The van der Waals surface area contributed by atoms with E-state index in [4.69, 9.17) is 7.85 Å². The highest BCUT2D eigenvalue weighted by molar-refractivity contribution is 6.14. The van der Waals surface area contributed by atoms with E-state index in [9.17, 15) is 13.6 Å². The van der Waals surface area contributed by atoms with Crippen molar-refractivity contribution in [1.29, 1.82) is 0 Å². The van der Waals surface area contributed by atoms with Crippen LogP contribution in [0.1, 0.15) is 69.1 Å². The molecule has 0 aliphatic heterocycles. The summed E-state index contributed by atoms with van der Waals surface area (Å²) in [7, 11) is 5.48. The van der Waals surface area contributed by atoms with Gasteiger partial charge >= 0.3 is 0 Å². The Morgan fingerprint density at radius 2 is 1.72 bits per heavy atom. The Hall–Kier alpha value is -2.97. The summed E-state index contributed by atoms with van der Waals surface area (Å²) >= 11 is 0. The van der Waals surface area contributed by atoms with E-state index in [2.05, 4.69) is 26.8 Å². The number of hydrogen-bond donors (Lipinski definition) is 2. The van der Waals surface area contributed by atoms with Gasteiger partial charge in [0.15, 0.2) is 0 Å². The second-order valence-corrected chi connectivity index (χ2v) is 10.7. The van der Waals surface area contributed by atoms with Crippen LogP contribution in [0.3, 0.4) is 0 Å². The van der Waals surface area contributed by atoms with E-state index in [1.807, 2.05) is 25.1 Å². The Bertz CT molecular complexity index is 1250. The summed E-state index contributed by atoms with van der Waals surface area (Å²) in [5, 5.41) is 11.8. The topological polar surface area (TPSA) is 71.8 Å². The molecule has 6 nitrogen and oxygen atoms in total. The van der Waals surface area contributed by atoms with Crippen LogP contribution in [-0.2, 0) is 22.6 Å². The third kappa shape index (κ3) is 6.05. The first kappa shape index (κ1) is 26.1. The molecule has 4 rings (SSSR count). The molecule has 0 spiro atoms. The standard InChI is InChI=1S/C27H34BF2N5O/c1-16-6-11-21-20(12-16)22(14-23(33-21)26(3,4)29)31-18-7-9-19(10-8-18)32-25(36)15-35-17(2)13-24(34-35)27(5,28)30/h6,11-14,18-19H,7-10,15H2,1-5H3,(H,31,33)(H,32,36). The van der Waals surface area contributed by atoms with E-state index in [-0.39, 0.29) is 30.2 Å². The van der Waals surface area contributed by atoms with Crippen molar-refractivity contribution in [2.45, 2.75) is 90.2 Å². The molecular weight excluding hydrogens is 459 g/mol. The first-order valence-corrected chi connectivity index (χ1v) is 12.5. The molecule has 190 valence electrons. The van der Waals surface area contributed by atoms with Gasteiger partial charge in [0, 0.05) is 28.9 Å². The van der Waals surface area contributed by atoms with Crippen LogP contribution < -0.4 is 10.6 Å². The fourth-order valence-electron chi connectivity index (χ4n) is 4.68. The van der Waals surface area contributed by atoms with Gasteiger partial charge in [0.2, 0.25) is 5.91 Å². The fourth-order valence-corrected chi connectivity index (χ4v) is 4.68. The molecule has 3 aromatic rings. The van der Waals surface area contributed by atoms with Gasteiger partial charge in [-0.05, 0) is 84.6 Å². The number of aromatic nitrogens is 3. The van der Waals surface area contributed by atoms with E-state index >= 15 is 0 Å². The third-order valence-corrected chi connectivity index (χ3v) is 6.80. The van der Waals surface area contributed by atoms with Crippen molar-refractivity contribution in [3.8, 4) is 0 Å². The monoisotopic (exact) mass is 493 g/mol. The van der Waals surface area contributed by atoms with Crippen LogP contribution in [0.4, 0.5) is 14.5 Å². The van der Waals surface area contributed by atoms with Crippen molar-refractivity contribution in [2.24, 2.45) is 0 Å². The number of benzene rings is 1. The first-order valence-electron chi connectivity index (χ1n) is 12.5. The molecule has 2 radical (unpaired) electrons. The fraction of sp³-hybridized carbons (Fsp3) is 0.519. The zero-order valence-electron chi connectivity index (χ0n) is 21.7. The van der Waals surface area contributed by atoms with Gasteiger partial charge < -0.3 is 10.6 Å². The van der Waals surface area contributed by atoms with Gasteiger partial charge in [-0.2, -0.15) is 5.10 Å². The van der Waals surface area contributed by atoms with Crippen LogP contribution in [-0.4, -0.2) is 40.6 Å². The maximum Gasteiger partial charge on any atom is 0.241 e. The summed E-state index contributed by atoms with van der Waals surface area (Å²) in [4.78, 5) is 17.2. The van der Waals surface area contributed by atoms with E-state index < -0.39 is 11.2 Å². The number of halogens is 2. The quantitative estimate of drug-likeness (QED) is 0.449. The number of fused-ring (bicyclic) bond motifs is 1. The number of aryl methyl sites for hydroxylation is 2. The van der Waals surface area contributed by atoms with Gasteiger partial charge in [0.05, 0.1) is 16.9 Å². The van der Waals surface area contributed by atoms with Gasteiger partial charge in [-0.1, -0.05) is 11.6 Å². The summed E-state index contributed by atoms with van der Waals surface area (Å²) in [6.07, 6.45) is 3.38. The number of alkyl halides is 2. The summed E-state index contributed by atoms with van der Waals surface area (Å²) in [6, 6.07) is 9.64. The van der Waals surface area contributed by atoms with Gasteiger partial charge in [-0.25, -0.2) is 13.8 Å². The molecule has 1 unspecified atom stereocenters. The van der Waals surface area contributed by atoms with E-state index in [1.165, 1.54) is 25.5 Å². The zero-order chi connectivity index (χ0) is 26.3. The highest BCUT2D eigenvalue weighted by Crippen LogP contribution is 2.33. The molecule has 36 heavy (non-hydrogen) atoms. The molecule has 1 amide bonds. The number of nitrogens with zero attached hydrogens (tertiary/aromatic N) is 3. The number of rotatable bonds is 7. The molecule has 1 saturated carbocycles. The molecule has 1 aliphatic rings. The lowest BCUT2D eigenvalue weighted by Crippen LogP contribution is -2.41. The Morgan fingerprint density at radius 3 is 2.33 bits per heavy atom. The SMILES string of the molecule is [B]C(C)(F)c1cc(C)n(CC(=O)NC2CCC(Nc3cc(C(C)(C)F)nc4ccc(C)cc34)CC2)n1. The molecule has 1 fully saturated rings. The molecular formula is C27H34BF2N5O. The van der Waals surface area contributed by atoms with Gasteiger partial charge in [0.25, 0.3) is 0 Å². The lowest BCUT2D eigenvalue weighted by atomic mass is 9.83. The Kier molecular flexibility index (Phi) is 7.13. The highest BCUT2D eigenvalue weighted by atomic mass is 19.1. The molecule has 1 aliphatic carbocycles. The van der Waals surface area contributed by atoms with Crippen LogP contribution in [0.5, 0.6) is 0 Å². The minimum absolute atomic E-state index is 0.0181. The predicted molar refractivity (Wildman–Crippen MR) is 140 cm³/mol. The Morgan fingerprint density at radius 1 is 1.06 bits per heavy atom. The number of carbonyl (C=O) groups excluding carboxylic acids is 1. The minimum Gasteiger partial charge on any atom is -0.382 e. The molecule has 9 heteroatoms. The van der Waals surface area contributed by atoms with E-state index in [1.54, 1.807) is 13.0 Å². The smallest absolute Gasteiger partial charge is 0.241 e. The van der Waals surface area contributed by atoms with Crippen LogP contribution in [0, 0.1) is 13.8 Å². The van der Waals surface area contributed by atoms with E-state index in [0.717, 1.165) is 47.8 Å². The maximum absolute atomic E-state index is 14.7. The number of pyridine rings is 1. The average Bonchev–Trinajstić information content (AvgIpc) is 3.15. The Labute approximate surface area is 212 Å². The normalized spacial score (nSPS) is 20.2. The lowest BCUT2D eigenvalue weighted by molar-refractivity contribution is -0.122. The van der Waals surface area contributed by atoms with Crippen LogP contribution in [0.15, 0.2) is 30.3 Å². The second kappa shape index (κ2) is 9.83. The van der Waals surface area contributed by atoms with Crippen molar-refractivity contribution in [3.63, 3.8) is 0 Å². The van der Waals surface area contributed by atoms with Crippen molar-refractivity contribution in [3.05, 3.63) is 53.0 Å². The van der Waals surface area contributed by atoms with Gasteiger partial charge in [0.1, 0.15) is 25.6 Å². The van der Waals surface area contributed by atoms with Crippen molar-refractivity contribution >= 4 is 30.3 Å². The van der Waals surface area contributed by atoms with Crippen molar-refractivity contribution in [2.75, 3.05) is 5.32 Å². The van der Waals surface area contributed by atoms with Crippen LogP contribution in [0.25, 0.3) is 10.9 Å². The summed E-state index contributed by atoms with van der Waals surface area (Å²) < 4.78 is 30.2. The molecule has 1 atom stereocenters. The summed E-state index contributed by atoms with van der Waals surface area (Å²) in [5.74, 6) is -0.160. The highest BCUT2D eigenvalue weighted by Gasteiger charge is 2.27. The first-order chi connectivity index (χ1) is 16.8. The Balaban J connectivity index is 1.38. The number of hydrogen-bond acceptors (Lipinski definition) is 4. The number of amides is 1. The largest absolute Gasteiger partial charge is 0.382 e. The predicted octanol–water partition coefficient (Wildman–Crippen LogP) is 5.10.